The molecule has 4 N–H and O–H groups in total. The van der Waals surface area contributed by atoms with Crippen molar-refractivity contribution in [3.8, 4) is 17.0 Å². The molecule has 2 aromatic carbocycles. The number of hydrogen-bond acceptors (Lipinski definition) is 9. The van der Waals surface area contributed by atoms with Gasteiger partial charge < -0.3 is 34.6 Å². The lowest BCUT2D eigenvalue weighted by Gasteiger charge is -2.43. The molecule has 1 aliphatic rings. The summed E-state index contributed by atoms with van der Waals surface area (Å²) in [6.45, 7) is -0.952. The van der Waals surface area contributed by atoms with Gasteiger partial charge in [-0.05, 0) is 29.8 Å². The molecule has 2 unspecified atom stereocenters. The van der Waals surface area contributed by atoms with Gasteiger partial charge in [0, 0.05) is 5.56 Å². The molecule has 3 aromatic rings. The molecule has 1 aliphatic heterocycles. The van der Waals surface area contributed by atoms with Crippen molar-refractivity contribution in [2.24, 2.45) is 0 Å². The summed E-state index contributed by atoms with van der Waals surface area (Å²) < 4.78 is 57.9. The average Bonchev–Trinajstić information content (AvgIpc) is 3.38. The minimum absolute atomic E-state index is 0.130. The standard InChI is InChI=1S/C24H24F3N3O8/c1-36-13-4-2-3-11(5-13)10-37-23(24(34)35)22-21(33)19(20(32)17(9-31)38-22)30-8-16(28-29-30)12-6-14(25)18(27)15(26)7-12/h2-8,17,19-23,31-33H,9-10H2,1H3,(H,34,35)/t17?,19-,20-,21?,22+,23-/m0/s1. The fraction of sp³-hybridized carbons (Fsp3) is 0.375. The van der Waals surface area contributed by atoms with Crippen molar-refractivity contribution in [2.75, 3.05) is 13.7 Å². The normalized spacial score (nSPS) is 24.2. The Kier molecular flexibility index (Phi) is 8.28. The summed E-state index contributed by atoms with van der Waals surface area (Å²) in [6.07, 6.45) is -6.93. The highest BCUT2D eigenvalue weighted by molar-refractivity contribution is 5.73. The van der Waals surface area contributed by atoms with E-state index in [-0.39, 0.29) is 17.9 Å². The second kappa shape index (κ2) is 11.4. The van der Waals surface area contributed by atoms with Gasteiger partial charge in [0.15, 0.2) is 23.6 Å². The van der Waals surface area contributed by atoms with Crippen molar-refractivity contribution in [1.29, 1.82) is 0 Å². The molecular formula is C24H24F3N3O8. The molecule has 0 amide bonds. The number of nitrogens with zero attached hydrogens (tertiary/aromatic N) is 3. The molecule has 11 nitrogen and oxygen atoms in total. The number of methoxy groups -OCH3 is 1. The van der Waals surface area contributed by atoms with Crippen molar-refractivity contribution in [2.45, 2.75) is 43.2 Å². The number of carbonyl (C=O) groups is 1. The van der Waals surface area contributed by atoms with E-state index in [1.807, 2.05) is 0 Å². The number of carboxylic acid groups (broad SMARTS) is 1. The lowest BCUT2D eigenvalue weighted by Crippen LogP contribution is -2.60. The fourth-order valence-electron chi connectivity index (χ4n) is 4.21. The van der Waals surface area contributed by atoms with E-state index in [9.17, 15) is 38.4 Å². The topological polar surface area (TPSA) is 156 Å². The van der Waals surface area contributed by atoms with E-state index in [1.165, 1.54) is 7.11 Å². The van der Waals surface area contributed by atoms with Gasteiger partial charge >= 0.3 is 5.97 Å². The second-order valence-corrected chi connectivity index (χ2v) is 8.55. The molecule has 2 heterocycles. The molecule has 1 saturated heterocycles. The SMILES string of the molecule is COc1cccc(CO[C@H](C(=O)O)[C@@H]2OC(CO)[C@H](O)[C@H](n3cc(-c4cc(F)c(F)c(F)c4)nn3)C2O)c1. The van der Waals surface area contributed by atoms with E-state index < -0.39 is 66.6 Å². The number of hydrogen-bond donors (Lipinski definition) is 4. The molecule has 6 atom stereocenters. The van der Waals surface area contributed by atoms with Gasteiger partial charge in [-0.3, -0.25) is 0 Å². The fourth-order valence-corrected chi connectivity index (χ4v) is 4.21. The molecule has 0 radical (unpaired) electrons. The summed E-state index contributed by atoms with van der Waals surface area (Å²) in [5, 5.41) is 49.0. The van der Waals surface area contributed by atoms with Gasteiger partial charge in [0.2, 0.25) is 0 Å². The van der Waals surface area contributed by atoms with Crippen LogP contribution >= 0.6 is 0 Å². The zero-order valence-corrected chi connectivity index (χ0v) is 19.8. The summed E-state index contributed by atoms with van der Waals surface area (Å²) in [5.74, 6) is -5.56. The van der Waals surface area contributed by atoms with Gasteiger partial charge in [0.05, 0.1) is 26.5 Å². The number of aliphatic carboxylic acids is 1. The lowest BCUT2D eigenvalue weighted by molar-refractivity contribution is -0.238. The first-order chi connectivity index (χ1) is 18.1. The number of ether oxygens (including phenoxy) is 3. The summed E-state index contributed by atoms with van der Waals surface area (Å²) in [4.78, 5) is 12.1. The van der Waals surface area contributed by atoms with Crippen LogP contribution in [0.3, 0.4) is 0 Å². The molecule has 14 heteroatoms. The van der Waals surface area contributed by atoms with Crippen LogP contribution in [-0.2, 0) is 20.9 Å². The van der Waals surface area contributed by atoms with Crippen LogP contribution in [0.5, 0.6) is 5.75 Å². The third-order valence-electron chi connectivity index (χ3n) is 6.13. The van der Waals surface area contributed by atoms with E-state index in [4.69, 9.17) is 14.2 Å². The quantitative estimate of drug-likeness (QED) is 0.290. The van der Waals surface area contributed by atoms with Gasteiger partial charge in [-0.15, -0.1) is 5.10 Å². The monoisotopic (exact) mass is 539 g/mol. The van der Waals surface area contributed by atoms with Gasteiger partial charge in [0.1, 0.15) is 41.9 Å². The Hall–Kier alpha value is -3.56. The molecule has 4 rings (SSSR count). The maximum Gasteiger partial charge on any atom is 0.335 e. The van der Waals surface area contributed by atoms with Crippen LogP contribution in [0.2, 0.25) is 0 Å². The van der Waals surface area contributed by atoms with Gasteiger partial charge in [-0.25, -0.2) is 22.6 Å². The van der Waals surface area contributed by atoms with Crippen molar-refractivity contribution in [3.05, 3.63) is 65.6 Å². The van der Waals surface area contributed by atoms with Crippen molar-refractivity contribution in [3.63, 3.8) is 0 Å². The van der Waals surface area contributed by atoms with Crippen LogP contribution in [0.15, 0.2) is 42.6 Å². The summed E-state index contributed by atoms with van der Waals surface area (Å²) in [5.41, 5.74) is 0.259. The number of carboxylic acids is 1. The van der Waals surface area contributed by atoms with E-state index in [2.05, 4.69) is 10.3 Å². The summed E-state index contributed by atoms with van der Waals surface area (Å²) in [7, 11) is 1.46. The molecule has 204 valence electrons. The third kappa shape index (κ3) is 5.49. The van der Waals surface area contributed by atoms with Crippen LogP contribution < -0.4 is 4.74 Å². The third-order valence-corrected chi connectivity index (χ3v) is 6.13. The molecule has 1 aromatic heterocycles. The van der Waals surface area contributed by atoms with Crippen molar-refractivity contribution in [1.82, 2.24) is 15.0 Å². The highest BCUT2D eigenvalue weighted by Gasteiger charge is 2.50. The predicted octanol–water partition coefficient (Wildman–Crippen LogP) is 1.06. The highest BCUT2D eigenvalue weighted by Crippen LogP contribution is 2.33. The van der Waals surface area contributed by atoms with Crippen LogP contribution in [-0.4, -0.2) is 85.6 Å². The summed E-state index contributed by atoms with van der Waals surface area (Å²) in [6, 6.07) is 6.62. The van der Waals surface area contributed by atoms with Gasteiger partial charge in [-0.1, -0.05) is 17.3 Å². The molecule has 0 saturated carbocycles. The minimum Gasteiger partial charge on any atom is -0.497 e. The van der Waals surface area contributed by atoms with Crippen LogP contribution in [0.4, 0.5) is 13.2 Å². The number of rotatable bonds is 9. The molecule has 0 spiro atoms. The zero-order chi connectivity index (χ0) is 27.6. The molecule has 0 bridgehead atoms. The molecule has 38 heavy (non-hydrogen) atoms. The number of aliphatic hydroxyl groups is 3. The van der Waals surface area contributed by atoms with Crippen molar-refractivity contribution < 1.29 is 52.6 Å². The lowest BCUT2D eigenvalue weighted by atomic mass is 9.90. The van der Waals surface area contributed by atoms with Gasteiger partial charge in [-0.2, -0.15) is 0 Å². The minimum atomic E-state index is -1.75. The Morgan fingerprint density at radius 3 is 2.50 bits per heavy atom. The number of aromatic nitrogens is 3. The summed E-state index contributed by atoms with van der Waals surface area (Å²) >= 11 is 0. The van der Waals surface area contributed by atoms with E-state index >= 15 is 0 Å². The largest absolute Gasteiger partial charge is 0.497 e. The first kappa shape index (κ1) is 27.5. The Morgan fingerprint density at radius 1 is 1.16 bits per heavy atom. The van der Waals surface area contributed by atoms with Crippen LogP contribution in [0.25, 0.3) is 11.3 Å². The average molecular weight is 539 g/mol. The zero-order valence-electron chi connectivity index (χ0n) is 19.8. The first-order valence-electron chi connectivity index (χ1n) is 11.3. The second-order valence-electron chi connectivity index (χ2n) is 8.55. The maximum atomic E-state index is 13.7. The molecule has 1 fully saturated rings. The smallest absolute Gasteiger partial charge is 0.335 e. The number of benzene rings is 2. The van der Waals surface area contributed by atoms with E-state index in [0.29, 0.717) is 23.4 Å². The molecular weight excluding hydrogens is 515 g/mol. The van der Waals surface area contributed by atoms with Gasteiger partial charge in [0.25, 0.3) is 0 Å². The maximum absolute atomic E-state index is 13.7. The van der Waals surface area contributed by atoms with E-state index in [1.54, 1.807) is 24.3 Å². The van der Waals surface area contributed by atoms with E-state index in [0.717, 1.165) is 10.9 Å². The predicted molar refractivity (Wildman–Crippen MR) is 121 cm³/mol. The first-order valence-corrected chi connectivity index (χ1v) is 11.3. The van der Waals surface area contributed by atoms with Crippen LogP contribution in [0.1, 0.15) is 11.6 Å². The molecule has 0 aliphatic carbocycles. The van der Waals surface area contributed by atoms with Crippen LogP contribution in [0, 0.1) is 17.5 Å². The van der Waals surface area contributed by atoms with Crippen molar-refractivity contribution >= 4 is 5.97 Å². The Labute approximate surface area is 213 Å². The number of aliphatic hydroxyl groups excluding tert-OH is 3. The number of halogens is 3. The highest BCUT2D eigenvalue weighted by atomic mass is 19.2. The Bertz CT molecular complexity index is 1270. The Balaban J connectivity index is 1.61. The Morgan fingerprint density at radius 2 is 1.87 bits per heavy atom.